The summed E-state index contributed by atoms with van der Waals surface area (Å²) < 4.78 is 5.94. The molecule has 2 heterocycles. The standard InChI is InChI=1S/C22H31N3O2/c1-5-16(3)23-21(26)18-10-12-25(13-11-18)14-20-17(4)27-22(24-20)19-9-7-6-8-15(19)2/h6-9,16,18H,5,10-14H2,1-4H3,(H,23,26). The lowest BCUT2D eigenvalue weighted by molar-refractivity contribution is -0.127. The number of likely N-dealkylation sites (tertiary alicyclic amines) is 1. The first-order chi connectivity index (χ1) is 13.0. The van der Waals surface area contributed by atoms with Gasteiger partial charge in [0.25, 0.3) is 0 Å². The number of nitrogens with zero attached hydrogens (tertiary/aromatic N) is 2. The smallest absolute Gasteiger partial charge is 0.226 e. The van der Waals surface area contributed by atoms with Crippen LogP contribution < -0.4 is 5.32 Å². The van der Waals surface area contributed by atoms with Gasteiger partial charge in [0.05, 0.1) is 5.69 Å². The normalized spacial score (nSPS) is 17.0. The van der Waals surface area contributed by atoms with Gasteiger partial charge in [-0.05, 0) is 64.8 Å². The fourth-order valence-electron chi connectivity index (χ4n) is 3.53. The Morgan fingerprint density at radius 1 is 1.30 bits per heavy atom. The molecule has 1 aliphatic heterocycles. The first kappa shape index (κ1) is 19.6. The van der Waals surface area contributed by atoms with Gasteiger partial charge in [-0.1, -0.05) is 25.1 Å². The van der Waals surface area contributed by atoms with Gasteiger partial charge in [0.1, 0.15) is 5.76 Å². The maximum atomic E-state index is 12.3. The third-order valence-corrected chi connectivity index (χ3v) is 5.60. The number of benzene rings is 1. The van der Waals surface area contributed by atoms with Crippen molar-refractivity contribution in [3.8, 4) is 11.5 Å². The molecule has 0 saturated carbocycles. The molecule has 146 valence electrons. The summed E-state index contributed by atoms with van der Waals surface area (Å²) in [4.78, 5) is 19.4. The van der Waals surface area contributed by atoms with Gasteiger partial charge in [0, 0.05) is 24.1 Å². The summed E-state index contributed by atoms with van der Waals surface area (Å²) in [5.74, 6) is 1.92. The molecule has 0 bridgehead atoms. The van der Waals surface area contributed by atoms with E-state index in [1.807, 2.05) is 25.1 Å². The maximum Gasteiger partial charge on any atom is 0.226 e. The summed E-state index contributed by atoms with van der Waals surface area (Å²) >= 11 is 0. The van der Waals surface area contributed by atoms with Gasteiger partial charge < -0.3 is 9.73 Å². The quantitative estimate of drug-likeness (QED) is 0.833. The Bertz CT molecular complexity index is 776. The van der Waals surface area contributed by atoms with Crippen LogP contribution in [0.3, 0.4) is 0 Å². The molecule has 1 aromatic heterocycles. The highest BCUT2D eigenvalue weighted by atomic mass is 16.4. The highest BCUT2D eigenvalue weighted by molar-refractivity contribution is 5.79. The van der Waals surface area contributed by atoms with E-state index in [2.05, 4.69) is 37.1 Å². The van der Waals surface area contributed by atoms with Gasteiger partial charge in [-0.3, -0.25) is 9.69 Å². The molecule has 5 nitrogen and oxygen atoms in total. The molecule has 0 radical (unpaired) electrons. The zero-order valence-electron chi connectivity index (χ0n) is 16.9. The van der Waals surface area contributed by atoms with Crippen molar-refractivity contribution < 1.29 is 9.21 Å². The van der Waals surface area contributed by atoms with Gasteiger partial charge in [0.2, 0.25) is 11.8 Å². The second-order valence-electron chi connectivity index (χ2n) is 7.71. The first-order valence-electron chi connectivity index (χ1n) is 10.0. The minimum Gasteiger partial charge on any atom is -0.441 e. The van der Waals surface area contributed by atoms with Crippen molar-refractivity contribution >= 4 is 5.91 Å². The van der Waals surface area contributed by atoms with Crippen LogP contribution in [0.2, 0.25) is 0 Å². The van der Waals surface area contributed by atoms with Crippen LogP contribution in [0.15, 0.2) is 28.7 Å². The predicted octanol–water partition coefficient (Wildman–Crippen LogP) is 4.09. The predicted molar refractivity (Wildman–Crippen MR) is 107 cm³/mol. The average molecular weight is 370 g/mol. The SMILES string of the molecule is CCC(C)NC(=O)C1CCN(Cc2nc(-c3ccccc3C)oc2C)CC1. The topological polar surface area (TPSA) is 58.4 Å². The maximum absolute atomic E-state index is 12.3. The van der Waals surface area contributed by atoms with E-state index in [0.29, 0.717) is 5.89 Å². The van der Waals surface area contributed by atoms with Gasteiger partial charge in [0.15, 0.2) is 0 Å². The Hall–Kier alpha value is -2.14. The number of rotatable bonds is 6. The third-order valence-electron chi connectivity index (χ3n) is 5.60. The summed E-state index contributed by atoms with van der Waals surface area (Å²) in [6, 6.07) is 8.41. The van der Waals surface area contributed by atoms with Crippen LogP contribution in [0.1, 0.15) is 50.1 Å². The Labute approximate surface area is 162 Å². The van der Waals surface area contributed by atoms with Crippen LogP contribution in [-0.2, 0) is 11.3 Å². The van der Waals surface area contributed by atoms with Crippen LogP contribution in [0.4, 0.5) is 0 Å². The number of aromatic nitrogens is 1. The molecule has 1 fully saturated rings. The van der Waals surface area contributed by atoms with Crippen molar-refractivity contribution in [1.29, 1.82) is 0 Å². The fourth-order valence-corrected chi connectivity index (χ4v) is 3.53. The third kappa shape index (κ3) is 4.78. The number of aryl methyl sites for hydroxylation is 2. The van der Waals surface area contributed by atoms with E-state index in [1.54, 1.807) is 0 Å². The highest BCUT2D eigenvalue weighted by Crippen LogP contribution is 2.26. The van der Waals surface area contributed by atoms with Crippen molar-refractivity contribution in [1.82, 2.24) is 15.2 Å². The summed E-state index contributed by atoms with van der Waals surface area (Å²) in [5.41, 5.74) is 3.21. The Balaban J connectivity index is 1.58. The van der Waals surface area contributed by atoms with Crippen molar-refractivity contribution in [3.63, 3.8) is 0 Å². The molecule has 1 aromatic carbocycles. The molecule has 1 aliphatic rings. The number of nitrogens with one attached hydrogen (secondary N) is 1. The zero-order valence-corrected chi connectivity index (χ0v) is 16.9. The summed E-state index contributed by atoms with van der Waals surface area (Å²) in [6.45, 7) is 10.8. The fraction of sp³-hybridized carbons (Fsp3) is 0.545. The molecule has 0 spiro atoms. The van der Waals surface area contributed by atoms with E-state index in [1.165, 1.54) is 5.56 Å². The van der Waals surface area contributed by atoms with E-state index in [-0.39, 0.29) is 17.9 Å². The van der Waals surface area contributed by atoms with Gasteiger partial charge in [-0.25, -0.2) is 4.98 Å². The van der Waals surface area contributed by atoms with E-state index < -0.39 is 0 Å². The number of piperidine rings is 1. The summed E-state index contributed by atoms with van der Waals surface area (Å²) in [5, 5.41) is 3.11. The van der Waals surface area contributed by atoms with E-state index in [0.717, 1.165) is 55.9 Å². The molecule has 27 heavy (non-hydrogen) atoms. The second-order valence-corrected chi connectivity index (χ2v) is 7.71. The van der Waals surface area contributed by atoms with Gasteiger partial charge in [-0.15, -0.1) is 0 Å². The van der Waals surface area contributed by atoms with E-state index >= 15 is 0 Å². The van der Waals surface area contributed by atoms with Crippen molar-refractivity contribution in [3.05, 3.63) is 41.3 Å². The first-order valence-corrected chi connectivity index (χ1v) is 10.0. The monoisotopic (exact) mass is 369 g/mol. The molecule has 1 N–H and O–H groups in total. The number of amides is 1. The summed E-state index contributed by atoms with van der Waals surface area (Å²) in [6.07, 6.45) is 2.78. The molecule has 3 rings (SSSR count). The Kier molecular flexibility index (Phi) is 6.32. The average Bonchev–Trinajstić information content (AvgIpc) is 3.02. The molecule has 1 saturated heterocycles. The number of carbonyl (C=O) groups excluding carboxylic acids is 1. The van der Waals surface area contributed by atoms with Crippen LogP contribution >= 0.6 is 0 Å². The lowest BCUT2D eigenvalue weighted by atomic mass is 9.95. The number of oxazole rings is 1. The van der Waals surface area contributed by atoms with Crippen molar-refractivity contribution in [2.45, 2.75) is 59.5 Å². The molecule has 1 unspecified atom stereocenters. The van der Waals surface area contributed by atoms with Crippen LogP contribution in [0.5, 0.6) is 0 Å². The van der Waals surface area contributed by atoms with Crippen LogP contribution in [0.25, 0.3) is 11.5 Å². The highest BCUT2D eigenvalue weighted by Gasteiger charge is 2.26. The number of hydrogen-bond acceptors (Lipinski definition) is 4. The lowest BCUT2D eigenvalue weighted by Crippen LogP contribution is -2.42. The van der Waals surface area contributed by atoms with Crippen LogP contribution in [0, 0.1) is 19.8 Å². The van der Waals surface area contributed by atoms with Gasteiger partial charge >= 0.3 is 0 Å². The molecule has 5 heteroatoms. The Morgan fingerprint density at radius 3 is 2.67 bits per heavy atom. The minimum atomic E-state index is 0.135. The van der Waals surface area contributed by atoms with Crippen molar-refractivity contribution in [2.24, 2.45) is 5.92 Å². The van der Waals surface area contributed by atoms with Gasteiger partial charge in [-0.2, -0.15) is 0 Å². The molecular formula is C22H31N3O2. The van der Waals surface area contributed by atoms with Crippen LogP contribution in [-0.4, -0.2) is 34.9 Å². The van der Waals surface area contributed by atoms with E-state index in [9.17, 15) is 4.79 Å². The molecule has 1 atom stereocenters. The largest absolute Gasteiger partial charge is 0.441 e. The molecular weight excluding hydrogens is 338 g/mol. The molecule has 0 aliphatic carbocycles. The lowest BCUT2D eigenvalue weighted by Gasteiger charge is -2.31. The number of hydrogen-bond donors (Lipinski definition) is 1. The molecule has 1 amide bonds. The van der Waals surface area contributed by atoms with Crippen molar-refractivity contribution in [2.75, 3.05) is 13.1 Å². The zero-order chi connectivity index (χ0) is 19.4. The second kappa shape index (κ2) is 8.70. The minimum absolute atomic E-state index is 0.135. The molecule has 2 aromatic rings. The van der Waals surface area contributed by atoms with E-state index in [4.69, 9.17) is 9.40 Å². The Morgan fingerprint density at radius 2 is 2.00 bits per heavy atom. The number of carbonyl (C=O) groups is 1. The summed E-state index contributed by atoms with van der Waals surface area (Å²) in [7, 11) is 0.